The van der Waals surface area contributed by atoms with E-state index in [1.165, 1.54) is 31.5 Å². The molecule has 1 aliphatic heterocycles. The molecule has 0 aromatic heterocycles. The molecule has 2 heteroatoms. The molecule has 0 radical (unpaired) electrons. The van der Waals surface area contributed by atoms with Gasteiger partial charge in [0.2, 0.25) is 0 Å². The smallest absolute Gasteiger partial charge is 0.00506 e. The highest BCUT2D eigenvalue weighted by molar-refractivity contribution is 5.16. The number of nitrogens with zero attached hydrogens (tertiary/aromatic N) is 1. The van der Waals surface area contributed by atoms with Crippen LogP contribution in [0.25, 0.3) is 0 Å². The van der Waals surface area contributed by atoms with Crippen LogP contribution in [0.3, 0.4) is 0 Å². The minimum atomic E-state index is 0.214. The van der Waals surface area contributed by atoms with Crippen LogP contribution in [0.15, 0.2) is 30.3 Å². The predicted molar refractivity (Wildman–Crippen MR) is 73.0 cm³/mol. The molecule has 1 unspecified atom stereocenters. The first kappa shape index (κ1) is 12.6. The maximum Gasteiger partial charge on any atom is 0.00506 e. The Morgan fingerprint density at radius 2 is 1.82 bits per heavy atom. The van der Waals surface area contributed by atoms with Crippen molar-refractivity contribution in [1.29, 1.82) is 0 Å². The average molecular weight is 232 g/mol. The lowest BCUT2D eigenvalue weighted by atomic mass is 9.83. The summed E-state index contributed by atoms with van der Waals surface area (Å²) < 4.78 is 0. The molecule has 1 aromatic carbocycles. The van der Waals surface area contributed by atoms with E-state index in [4.69, 9.17) is 5.73 Å². The quantitative estimate of drug-likeness (QED) is 0.844. The molecule has 0 bridgehead atoms. The Hall–Kier alpha value is -0.860. The van der Waals surface area contributed by atoms with E-state index >= 15 is 0 Å². The number of rotatable bonds is 5. The largest absolute Gasteiger partial charge is 0.330 e. The molecule has 2 N–H and O–H groups in total. The molecule has 94 valence electrons. The third-order valence-electron chi connectivity index (χ3n) is 3.77. The number of likely N-dealkylation sites (tertiary alicyclic amines) is 1. The Labute approximate surface area is 105 Å². The number of hydrogen-bond acceptors (Lipinski definition) is 2. The summed E-state index contributed by atoms with van der Waals surface area (Å²) in [4.78, 5) is 2.57. The molecule has 1 aliphatic rings. The van der Waals surface area contributed by atoms with Gasteiger partial charge in [-0.15, -0.1) is 0 Å². The topological polar surface area (TPSA) is 29.3 Å². The number of hydrogen-bond donors (Lipinski definition) is 1. The molecule has 2 nitrogen and oxygen atoms in total. The fourth-order valence-corrected chi connectivity index (χ4v) is 2.76. The molecule has 0 amide bonds. The summed E-state index contributed by atoms with van der Waals surface area (Å²) in [5.74, 6) is 0. The molecule has 1 aromatic rings. The van der Waals surface area contributed by atoms with Crippen LogP contribution in [-0.2, 0) is 6.42 Å². The first-order valence-electron chi connectivity index (χ1n) is 6.68. The Morgan fingerprint density at radius 1 is 1.18 bits per heavy atom. The van der Waals surface area contributed by atoms with Crippen molar-refractivity contribution in [3.8, 4) is 0 Å². The van der Waals surface area contributed by atoms with E-state index in [0.29, 0.717) is 0 Å². The SMILES string of the molecule is CC(CN)(Cc1ccccc1)CN1CCCC1. The van der Waals surface area contributed by atoms with E-state index in [-0.39, 0.29) is 5.41 Å². The monoisotopic (exact) mass is 232 g/mol. The van der Waals surface area contributed by atoms with Crippen molar-refractivity contribution in [3.05, 3.63) is 35.9 Å². The Kier molecular flexibility index (Phi) is 4.19. The molecule has 0 aliphatic carbocycles. The van der Waals surface area contributed by atoms with Crippen molar-refractivity contribution in [2.45, 2.75) is 26.2 Å². The highest BCUT2D eigenvalue weighted by Crippen LogP contribution is 2.24. The maximum atomic E-state index is 6.01. The van der Waals surface area contributed by atoms with E-state index in [9.17, 15) is 0 Å². The standard InChI is InChI=1S/C15H24N2/c1-15(12-16,13-17-9-5-6-10-17)11-14-7-3-2-4-8-14/h2-4,7-8H,5-6,9-13,16H2,1H3. The minimum absolute atomic E-state index is 0.214. The van der Waals surface area contributed by atoms with Gasteiger partial charge >= 0.3 is 0 Å². The molecule has 0 saturated carbocycles. The summed E-state index contributed by atoms with van der Waals surface area (Å²) in [6.07, 6.45) is 3.79. The predicted octanol–water partition coefficient (Wildman–Crippen LogP) is 2.29. The molecule has 2 rings (SSSR count). The fourth-order valence-electron chi connectivity index (χ4n) is 2.76. The van der Waals surface area contributed by atoms with Gasteiger partial charge < -0.3 is 10.6 Å². The Morgan fingerprint density at radius 3 is 2.41 bits per heavy atom. The maximum absolute atomic E-state index is 6.01. The number of nitrogens with two attached hydrogens (primary N) is 1. The molecule has 1 fully saturated rings. The van der Waals surface area contributed by atoms with Crippen LogP contribution in [0.2, 0.25) is 0 Å². The lowest BCUT2D eigenvalue weighted by Gasteiger charge is -2.32. The summed E-state index contributed by atoms with van der Waals surface area (Å²) >= 11 is 0. The Bertz CT molecular complexity index is 330. The van der Waals surface area contributed by atoms with E-state index in [1.54, 1.807) is 0 Å². The van der Waals surface area contributed by atoms with Gasteiger partial charge in [0.15, 0.2) is 0 Å². The second kappa shape index (κ2) is 5.65. The molecule has 1 heterocycles. The zero-order valence-electron chi connectivity index (χ0n) is 10.9. The average Bonchev–Trinajstić information content (AvgIpc) is 2.83. The summed E-state index contributed by atoms with van der Waals surface area (Å²) in [7, 11) is 0. The Balaban J connectivity index is 1.98. The molecule has 17 heavy (non-hydrogen) atoms. The van der Waals surface area contributed by atoms with Crippen molar-refractivity contribution >= 4 is 0 Å². The molecular formula is C15H24N2. The fraction of sp³-hybridized carbons (Fsp3) is 0.600. The minimum Gasteiger partial charge on any atom is -0.330 e. The van der Waals surface area contributed by atoms with E-state index in [1.807, 2.05) is 0 Å². The van der Waals surface area contributed by atoms with Gasteiger partial charge in [0, 0.05) is 6.54 Å². The van der Waals surface area contributed by atoms with Crippen LogP contribution < -0.4 is 5.73 Å². The van der Waals surface area contributed by atoms with E-state index in [0.717, 1.165) is 19.5 Å². The van der Waals surface area contributed by atoms with E-state index in [2.05, 4.69) is 42.2 Å². The van der Waals surface area contributed by atoms with Crippen LogP contribution in [0, 0.1) is 5.41 Å². The van der Waals surface area contributed by atoms with Crippen LogP contribution in [0.5, 0.6) is 0 Å². The summed E-state index contributed by atoms with van der Waals surface area (Å²) in [6.45, 7) is 6.73. The van der Waals surface area contributed by atoms with Crippen LogP contribution in [0.4, 0.5) is 0 Å². The zero-order valence-corrected chi connectivity index (χ0v) is 10.9. The molecule has 1 saturated heterocycles. The lowest BCUT2D eigenvalue weighted by Crippen LogP contribution is -2.41. The van der Waals surface area contributed by atoms with Gasteiger partial charge in [0.05, 0.1) is 0 Å². The highest BCUT2D eigenvalue weighted by Gasteiger charge is 2.27. The van der Waals surface area contributed by atoms with Gasteiger partial charge in [-0.05, 0) is 49.9 Å². The molecule has 0 spiro atoms. The third-order valence-corrected chi connectivity index (χ3v) is 3.77. The third kappa shape index (κ3) is 3.55. The van der Waals surface area contributed by atoms with Gasteiger partial charge in [0.25, 0.3) is 0 Å². The second-order valence-electron chi connectivity index (χ2n) is 5.66. The normalized spacial score (nSPS) is 20.4. The second-order valence-corrected chi connectivity index (χ2v) is 5.66. The van der Waals surface area contributed by atoms with Crippen molar-refractivity contribution in [2.75, 3.05) is 26.2 Å². The summed E-state index contributed by atoms with van der Waals surface area (Å²) in [5.41, 5.74) is 7.62. The van der Waals surface area contributed by atoms with E-state index < -0.39 is 0 Å². The van der Waals surface area contributed by atoms with Crippen molar-refractivity contribution in [3.63, 3.8) is 0 Å². The molecular weight excluding hydrogens is 208 g/mol. The van der Waals surface area contributed by atoms with Gasteiger partial charge in [-0.25, -0.2) is 0 Å². The lowest BCUT2D eigenvalue weighted by molar-refractivity contribution is 0.196. The summed E-state index contributed by atoms with van der Waals surface area (Å²) in [5, 5.41) is 0. The van der Waals surface area contributed by atoms with Crippen LogP contribution >= 0.6 is 0 Å². The van der Waals surface area contributed by atoms with Gasteiger partial charge in [0.1, 0.15) is 0 Å². The summed E-state index contributed by atoms with van der Waals surface area (Å²) in [6, 6.07) is 10.7. The zero-order chi connectivity index (χ0) is 12.1. The van der Waals surface area contributed by atoms with Crippen LogP contribution in [0.1, 0.15) is 25.3 Å². The molecule has 1 atom stereocenters. The van der Waals surface area contributed by atoms with Gasteiger partial charge in [-0.3, -0.25) is 0 Å². The van der Waals surface area contributed by atoms with Crippen molar-refractivity contribution < 1.29 is 0 Å². The van der Waals surface area contributed by atoms with Crippen molar-refractivity contribution in [2.24, 2.45) is 11.1 Å². The number of benzene rings is 1. The van der Waals surface area contributed by atoms with Crippen molar-refractivity contribution in [1.82, 2.24) is 4.90 Å². The highest BCUT2D eigenvalue weighted by atomic mass is 15.1. The first-order chi connectivity index (χ1) is 8.22. The van der Waals surface area contributed by atoms with Gasteiger partial charge in [-0.1, -0.05) is 37.3 Å². The van der Waals surface area contributed by atoms with Gasteiger partial charge in [-0.2, -0.15) is 0 Å². The first-order valence-corrected chi connectivity index (χ1v) is 6.68. The van der Waals surface area contributed by atoms with Crippen LogP contribution in [-0.4, -0.2) is 31.1 Å².